The van der Waals surface area contributed by atoms with Crippen LogP contribution in [0.4, 0.5) is 11.4 Å². The maximum atomic E-state index is 12.2. The molecule has 1 amide bonds. The third-order valence-corrected chi connectivity index (χ3v) is 4.88. The summed E-state index contributed by atoms with van der Waals surface area (Å²) >= 11 is 7.03. The van der Waals surface area contributed by atoms with Crippen LogP contribution in [0.2, 0.25) is 5.02 Å². The molecule has 144 valence electrons. The molecule has 3 rings (SSSR count). The van der Waals surface area contributed by atoms with E-state index in [1.54, 1.807) is 37.3 Å². The second-order valence-corrected chi connectivity index (χ2v) is 7.18. The first-order valence-corrected chi connectivity index (χ1v) is 9.35. The van der Waals surface area contributed by atoms with Gasteiger partial charge in [-0.1, -0.05) is 41.6 Å². The van der Waals surface area contributed by atoms with Gasteiger partial charge in [0.05, 0.1) is 10.7 Å². The molecule has 2 aromatic carbocycles. The fraction of sp³-hybridized carbons (Fsp3) is 0.118. The van der Waals surface area contributed by atoms with E-state index in [1.807, 2.05) is 0 Å². The minimum Gasteiger partial charge on any atom is -0.335 e. The van der Waals surface area contributed by atoms with Gasteiger partial charge < -0.3 is 11.2 Å². The first kappa shape index (κ1) is 19.6. The maximum Gasteiger partial charge on any atom is 0.293 e. The highest BCUT2D eigenvalue weighted by molar-refractivity contribution is 7.99. The highest BCUT2D eigenvalue weighted by atomic mass is 35.5. The lowest BCUT2D eigenvalue weighted by Gasteiger charge is -2.07. The van der Waals surface area contributed by atoms with Crippen molar-refractivity contribution in [3.05, 3.63) is 63.2 Å². The summed E-state index contributed by atoms with van der Waals surface area (Å²) in [5.41, 5.74) is 1.39. The second kappa shape index (κ2) is 8.28. The van der Waals surface area contributed by atoms with E-state index in [1.165, 1.54) is 16.8 Å². The molecule has 3 aromatic rings. The van der Waals surface area contributed by atoms with E-state index in [9.17, 15) is 14.9 Å². The summed E-state index contributed by atoms with van der Waals surface area (Å²) in [4.78, 5) is 22.8. The van der Waals surface area contributed by atoms with Gasteiger partial charge in [-0.05, 0) is 30.7 Å². The van der Waals surface area contributed by atoms with E-state index in [4.69, 9.17) is 17.4 Å². The van der Waals surface area contributed by atoms with Crippen LogP contribution in [-0.4, -0.2) is 31.5 Å². The molecule has 1 aromatic heterocycles. The van der Waals surface area contributed by atoms with Gasteiger partial charge in [0.25, 0.3) is 5.69 Å². The number of benzene rings is 2. The fourth-order valence-corrected chi connectivity index (χ4v) is 3.26. The summed E-state index contributed by atoms with van der Waals surface area (Å²) in [5, 5.41) is 22.5. The monoisotopic (exact) mass is 418 g/mol. The molecule has 0 radical (unpaired) electrons. The second-order valence-electron chi connectivity index (χ2n) is 5.80. The summed E-state index contributed by atoms with van der Waals surface area (Å²) in [7, 11) is 0. The molecule has 0 atom stereocenters. The van der Waals surface area contributed by atoms with Crippen LogP contribution < -0.4 is 11.2 Å². The quantitative estimate of drug-likeness (QED) is 0.272. The molecule has 0 fully saturated rings. The Bertz CT molecular complexity index is 1060. The highest BCUT2D eigenvalue weighted by Crippen LogP contribution is 2.27. The van der Waals surface area contributed by atoms with Crippen molar-refractivity contribution in [3.8, 4) is 11.4 Å². The van der Waals surface area contributed by atoms with E-state index in [2.05, 4.69) is 15.5 Å². The largest absolute Gasteiger partial charge is 0.335 e. The molecule has 0 saturated carbocycles. The third-order valence-electron chi connectivity index (χ3n) is 3.70. The van der Waals surface area contributed by atoms with E-state index in [0.717, 1.165) is 17.3 Å². The molecule has 0 bridgehead atoms. The van der Waals surface area contributed by atoms with Gasteiger partial charge >= 0.3 is 0 Å². The van der Waals surface area contributed by atoms with E-state index >= 15 is 0 Å². The average Bonchev–Trinajstić information content (AvgIpc) is 3.02. The van der Waals surface area contributed by atoms with Gasteiger partial charge in [0.1, 0.15) is 5.69 Å². The van der Waals surface area contributed by atoms with Gasteiger partial charge in [0.15, 0.2) is 5.82 Å². The number of hydrogen-bond acceptors (Lipinski definition) is 7. The van der Waals surface area contributed by atoms with Crippen LogP contribution in [0.15, 0.2) is 47.6 Å². The minimum atomic E-state index is -0.538. The number of carbonyl (C=O) groups excluding carboxylic acids is 1. The van der Waals surface area contributed by atoms with Crippen LogP contribution in [0.25, 0.3) is 11.4 Å². The number of nitrogens with two attached hydrogens (primary N) is 1. The summed E-state index contributed by atoms with van der Waals surface area (Å²) in [5.74, 6) is 5.94. The smallest absolute Gasteiger partial charge is 0.293 e. The Morgan fingerprint density at radius 2 is 2.11 bits per heavy atom. The van der Waals surface area contributed by atoms with Gasteiger partial charge in [-0.15, -0.1) is 10.2 Å². The lowest BCUT2D eigenvalue weighted by Crippen LogP contribution is -2.17. The Balaban J connectivity index is 1.68. The number of thioether (sulfide) groups is 1. The Hall–Kier alpha value is -3.11. The molecule has 28 heavy (non-hydrogen) atoms. The number of nitro benzene ring substituents is 1. The summed E-state index contributed by atoms with van der Waals surface area (Å²) < 4.78 is 1.26. The zero-order chi connectivity index (χ0) is 20.3. The van der Waals surface area contributed by atoms with Crippen molar-refractivity contribution < 1.29 is 9.72 Å². The number of aromatic nitrogens is 3. The molecular formula is C17H15ClN6O3S. The first-order chi connectivity index (χ1) is 13.3. The van der Waals surface area contributed by atoms with Crippen molar-refractivity contribution in [2.45, 2.75) is 12.1 Å². The molecular weight excluding hydrogens is 404 g/mol. The van der Waals surface area contributed by atoms with Crippen LogP contribution in [0.3, 0.4) is 0 Å². The van der Waals surface area contributed by atoms with Crippen LogP contribution in [-0.2, 0) is 4.79 Å². The van der Waals surface area contributed by atoms with Gasteiger partial charge in [0.2, 0.25) is 11.1 Å². The normalized spacial score (nSPS) is 10.6. The number of anilines is 1. The predicted molar refractivity (Wildman–Crippen MR) is 108 cm³/mol. The third kappa shape index (κ3) is 4.41. The van der Waals surface area contributed by atoms with Crippen molar-refractivity contribution >= 4 is 40.6 Å². The summed E-state index contributed by atoms with van der Waals surface area (Å²) in [6.07, 6.45) is 0. The molecule has 0 aliphatic heterocycles. The zero-order valence-electron chi connectivity index (χ0n) is 14.6. The van der Waals surface area contributed by atoms with Gasteiger partial charge in [0, 0.05) is 16.7 Å². The lowest BCUT2D eigenvalue weighted by molar-refractivity contribution is -0.384. The van der Waals surface area contributed by atoms with Crippen molar-refractivity contribution in [1.29, 1.82) is 0 Å². The van der Waals surface area contributed by atoms with Crippen molar-refractivity contribution in [2.24, 2.45) is 0 Å². The number of aryl methyl sites for hydroxylation is 1. The van der Waals surface area contributed by atoms with Crippen LogP contribution in [0, 0.1) is 17.0 Å². The average molecular weight is 419 g/mol. The zero-order valence-corrected chi connectivity index (χ0v) is 16.2. The Morgan fingerprint density at radius 3 is 2.82 bits per heavy atom. The Morgan fingerprint density at radius 1 is 1.32 bits per heavy atom. The highest BCUT2D eigenvalue weighted by Gasteiger charge is 2.18. The van der Waals surface area contributed by atoms with Gasteiger partial charge in [-0.3, -0.25) is 14.9 Å². The van der Waals surface area contributed by atoms with Crippen molar-refractivity contribution in [2.75, 3.05) is 16.9 Å². The predicted octanol–water partition coefficient (Wildman–Crippen LogP) is 3.26. The summed E-state index contributed by atoms with van der Waals surface area (Å²) in [6.45, 7) is 1.74. The number of nitrogen functional groups attached to an aromatic ring is 1. The topological polar surface area (TPSA) is 129 Å². The Labute approximate surface area is 169 Å². The SMILES string of the molecule is Cc1ccc(NC(=O)CSc2nnc(-c3cccc(Cl)c3)n2N)c([N+](=O)[O-])c1. The lowest BCUT2D eigenvalue weighted by atomic mass is 10.2. The molecule has 0 aliphatic rings. The van der Waals surface area contributed by atoms with Crippen LogP contribution in [0.1, 0.15) is 5.56 Å². The number of nitrogens with one attached hydrogen (secondary N) is 1. The fourth-order valence-electron chi connectivity index (χ4n) is 2.41. The molecule has 1 heterocycles. The molecule has 0 aliphatic carbocycles. The maximum absolute atomic E-state index is 12.2. The molecule has 0 spiro atoms. The van der Waals surface area contributed by atoms with Gasteiger partial charge in [-0.25, -0.2) is 4.68 Å². The van der Waals surface area contributed by atoms with Crippen molar-refractivity contribution in [1.82, 2.24) is 14.9 Å². The minimum absolute atomic E-state index is 0.0457. The number of nitro groups is 1. The number of carbonyl (C=O) groups is 1. The standard InChI is InChI=1S/C17H15ClN6O3S/c1-10-5-6-13(14(7-10)24(26)27)20-15(25)9-28-17-22-21-16(23(17)19)11-3-2-4-12(18)8-11/h2-8H,9,19H2,1H3,(H,20,25). The number of nitrogens with zero attached hydrogens (tertiary/aromatic N) is 4. The van der Waals surface area contributed by atoms with Crippen molar-refractivity contribution in [3.63, 3.8) is 0 Å². The molecule has 11 heteroatoms. The Kier molecular flexibility index (Phi) is 5.81. The number of halogens is 1. The molecule has 0 saturated heterocycles. The van der Waals surface area contributed by atoms with E-state index in [0.29, 0.717) is 21.6 Å². The molecule has 0 unspecified atom stereocenters. The van der Waals surface area contributed by atoms with Crippen LogP contribution in [0.5, 0.6) is 0 Å². The first-order valence-electron chi connectivity index (χ1n) is 7.99. The van der Waals surface area contributed by atoms with E-state index in [-0.39, 0.29) is 17.1 Å². The van der Waals surface area contributed by atoms with E-state index < -0.39 is 10.8 Å². The number of hydrogen-bond donors (Lipinski definition) is 2. The number of rotatable bonds is 6. The van der Waals surface area contributed by atoms with Crippen LogP contribution >= 0.6 is 23.4 Å². The molecule has 3 N–H and O–H groups in total. The summed E-state index contributed by atoms with van der Waals surface area (Å²) in [6, 6.07) is 11.6. The van der Waals surface area contributed by atoms with Gasteiger partial charge in [-0.2, -0.15) is 0 Å². The number of amides is 1. The molecule has 9 nitrogen and oxygen atoms in total.